The summed E-state index contributed by atoms with van der Waals surface area (Å²) in [7, 11) is 3.26. The Morgan fingerprint density at radius 3 is 2.74 bits per heavy atom. The molecular weight excluding hydrogens is 344 g/mol. The molecule has 1 aromatic carbocycles. The molecule has 2 heterocycles. The van der Waals surface area contributed by atoms with Crippen LogP contribution in [0.25, 0.3) is 11.0 Å². The monoisotopic (exact) mass is 370 g/mol. The van der Waals surface area contributed by atoms with E-state index in [0.717, 1.165) is 22.7 Å². The Hall–Kier alpha value is -2.74. The molecule has 0 aliphatic rings. The predicted molar refractivity (Wildman–Crippen MR) is 103 cm³/mol. The van der Waals surface area contributed by atoms with Gasteiger partial charge in [0.05, 0.1) is 37.2 Å². The Morgan fingerprint density at radius 1 is 1.26 bits per heavy atom. The van der Waals surface area contributed by atoms with Gasteiger partial charge in [0, 0.05) is 20.1 Å². The minimum atomic E-state index is -0.110. The van der Waals surface area contributed by atoms with Gasteiger partial charge in [0.15, 0.2) is 5.82 Å². The van der Waals surface area contributed by atoms with Gasteiger partial charge < -0.3 is 14.6 Å². The molecule has 0 aliphatic heterocycles. The first-order chi connectivity index (χ1) is 13.0. The predicted octanol–water partition coefficient (Wildman–Crippen LogP) is 1.73. The van der Waals surface area contributed by atoms with Crippen LogP contribution in [0.4, 0.5) is 0 Å². The maximum Gasteiger partial charge on any atom is 0.227 e. The zero-order valence-corrected chi connectivity index (χ0v) is 16.3. The summed E-state index contributed by atoms with van der Waals surface area (Å²) >= 11 is 0. The van der Waals surface area contributed by atoms with E-state index >= 15 is 0 Å². The SMILES string of the molecule is CNC(=O)Cc1nc(Cn2c(C(C)C)nc3ccccc32)n(CCOC)n1. The number of rotatable bonds is 8. The van der Waals surface area contributed by atoms with Crippen LogP contribution in [0.3, 0.4) is 0 Å². The van der Waals surface area contributed by atoms with Crippen LogP contribution in [0.2, 0.25) is 0 Å². The van der Waals surface area contributed by atoms with Crippen molar-refractivity contribution >= 4 is 16.9 Å². The van der Waals surface area contributed by atoms with Crippen molar-refractivity contribution in [1.82, 2.24) is 29.6 Å². The van der Waals surface area contributed by atoms with Crippen molar-refractivity contribution in [3.8, 4) is 0 Å². The van der Waals surface area contributed by atoms with Crippen LogP contribution in [0.5, 0.6) is 0 Å². The second-order valence-electron chi connectivity index (χ2n) is 6.71. The molecule has 8 nitrogen and oxygen atoms in total. The maximum atomic E-state index is 11.7. The van der Waals surface area contributed by atoms with Crippen molar-refractivity contribution in [2.45, 2.75) is 39.3 Å². The van der Waals surface area contributed by atoms with Gasteiger partial charge in [-0.3, -0.25) is 4.79 Å². The van der Waals surface area contributed by atoms with Crippen molar-refractivity contribution in [2.75, 3.05) is 20.8 Å². The highest BCUT2D eigenvalue weighted by Crippen LogP contribution is 2.22. The summed E-state index contributed by atoms with van der Waals surface area (Å²) in [4.78, 5) is 21.1. The molecule has 0 aliphatic carbocycles. The smallest absolute Gasteiger partial charge is 0.227 e. The average Bonchev–Trinajstić information content (AvgIpc) is 3.21. The molecule has 2 aromatic heterocycles. The lowest BCUT2D eigenvalue weighted by molar-refractivity contribution is -0.120. The van der Waals surface area contributed by atoms with E-state index in [0.29, 0.717) is 25.5 Å². The van der Waals surface area contributed by atoms with Crippen LogP contribution in [0.1, 0.15) is 37.2 Å². The molecule has 3 aromatic rings. The molecule has 1 amide bonds. The summed E-state index contributed by atoms with van der Waals surface area (Å²) in [6.07, 6.45) is 0.158. The highest BCUT2D eigenvalue weighted by molar-refractivity contribution is 5.77. The van der Waals surface area contributed by atoms with Crippen LogP contribution in [-0.2, 0) is 29.0 Å². The Kier molecular flexibility index (Phi) is 5.85. The lowest BCUT2D eigenvalue weighted by Gasteiger charge is -2.12. The van der Waals surface area contributed by atoms with Gasteiger partial charge in [0.25, 0.3) is 0 Å². The molecule has 0 bridgehead atoms. The zero-order valence-electron chi connectivity index (χ0n) is 16.3. The van der Waals surface area contributed by atoms with Crippen LogP contribution in [0, 0.1) is 0 Å². The summed E-state index contributed by atoms with van der Waals surface area (Å²) in [5.41, 5.74) is 2.03. The summed E-state index contributed by atoms with van der Waals surface area (Å²) < 4.78 is 9.19. The molecule has 1 N–H and O–H groups in total. The number of amides is 1. The number of carbonyl (C=O) groups excluding carboxylic acids is 1. The fraction of sp³-hybridized carbons (Fsp3) is 0.474. The standard InChI is InChI=1S/C19H26N6O2/c1-13(2)19-21-14-7-5-6-8-15(14)24(19)12-17-22-16(11-18(26)20-3)23-25(17)9-10-27-4/h5-8,13H,9-12H2,1-4H3,(H,20,26). The largest absolute Gasteiger partial charge is 0.383 e. The summed E-state index contributed by atoms with van der Waals surface area (Å²) in [5.74, 6) is 2.47. The minimum absolute atomic E-state index is 0.110. The quantitative estimate of drug-likeness (QED) is 0.653. The van der Waals surface area contributed by atoms with E-state index in [2.05, 4.69) is 39.9 Å². The van der Waals surface area contributed by atoms with E-state index in [9.17, 15) is 4.79 Å². The van der Waals surface area contributed by atoms with Crippen molar-refractivity contribution < 1.29 is 9.53 Å². The Morgan fingerprint density at radius 2 is 2.04 bits per heavy atom. The van der Waals surface area contributed by atoms with Gasteiger partial charge in [-0.25, -0.2) is 14.6 Å². The topological polar surface area (TPSA) is 86.9 Å². The van der Waals surface area contributed by atoms with E-state index in [-0.39, 0.29) is 18.2 Å². The maximum absolute atomic E-state index is 11.7. The van der Waals surface area contributed by atoms with Crippen molar-refractivity contribution in [2.24, 2.45) is 0 Å². The van der Waals surface area contributed by atoms with E-state index in [4.69, 9.17) is 9.72 Å². The molecule has 0 saturated carbocycles. The fourth-order valence-electron chi connectivity index (χ4n) is 3.05. The van der Waals surface area contributed by atoms with Gasteiger partial charge in [-0.1, -0.05) is 26.0 Å². The number of nitrogens with one attached hydrogen (secondary N) is 1. The molecule has 0 saturated heterocycles. The van der Waals surface area contributed by atoms with E-state index in [1.54, 1.807) is 14.2 Å². The number of ether oxygens (including phenoxy) is 1. The molecule has 0 atom stereocenters. The van der Waals surface area contributed by atoms with Crippen molar-refractivity contribution in [3.05, 3.63) is 41.7 Å². The first-order valence-electron chi connectivity index (χ1n) is 9.10. The molecule has 144 valence electrons. The van der Waals surface area contributed by atoms with Crippen LogP contribution in [-0.4, -0.2) is 51.0 Å². The van der Waals surface area contributed by atoms with Gasteiger partial charge in [0.1, 0.15) is 11.6 Å². The van der Waals surface area contributed by atoms with Crippen molar-refractivity contribution in [3.63, 3.8) is 0 Å². The summed E-state index contributed by atoms with van der Waals surface area (Å²) in [6, 6.07) is 8.09. The summed E-state index contributed by atoms with van der Waals surface area (Å²) in [6.45, 7) is 5.90. The van der Waals surface area contributed by atoms with E-state index < -0.39 is 0 Å². The number of para-hydroxylation sites is 2. The molecule has 3 rings (SSSR count). The Labute approximate surface area is 158 Å². The average molecular weight is 370 g/mol. The van der Waals surface area contributed by atoms with Gasteiger partial charge >= 0.3 is 0 Å². The molecule has 0 unspecified atom stereocenters. The van der Waals surface area contributed by atoms with Crippen LogP contribution >= 0.6 is 0 Å². The molecule has 8 heteroatoms. The normalized spacial score (nSPS) is 11.4. The molecule has 0 radical (unpaired) electrons. The number of carbonyl (C=O) groups is 1. The van der Waals surface area contributed by atoms with Gasteiger partial charge in [-0.2, -0.15) is 5.10 Å². The third kappa shape index (κ3) is 4.16. The Balaban J connectivity index is 2.00. The minimum Gasteiger partial charge on any atom is -0.383 e. The number of hydrogen-bond acceptors (Lipinski definition) is 5. The highest BCUT2D eigenvalue weighted by Gasteiger charge is 2.18. The molecule has 0 fully saturated rings. The van der Waals surface area contributed by atoms with E-state index in [1.165, 1.54) is 0 Å². The van der Waals surface area contributed by atoms with Gasteiger partial charge in [-0.15, -0.1) is 0 Å². The molecular formula is C19H26N6O2. The third-order valence-electron chi connectivity index (χ3n) is 4.40. The lowest BCUT2D eigenvalue weighted by atomic mass is 10.2. The summed E-state index contributed by atoms with van der Waals surface area (Å²) in [5, 5.41) is 7.11. The number of benzene rings is 1. The lowest BCUT2D eigenvalue weighted by Crippen LogP contribution is -2.20. The highest BCUT2D eigenvalue weighted by atomic mass is 16.5. The van der Waals surface area contributed by atoms with E-state index in [1.807, 2.05) is 22.9 Å². The van der Waals surface area contributed by atoms with Crippen LogP contribution < -0.4 is 5.32 Å². The number of likely N-dealkylation sites (N-methyl/N-ethyl adjacent to an activating group) is 1. The first-order valence-corrected chi connectivity index (χ1v) is 9.10. The molecule has 27 heavy (non-hydrogen) atoms. The fourth-order valence-corrected chi connectivity index (χ4v) is 3.05. The van der Waals surface area contributed by atoms with Crippen molar-refractivity contribution in [1.29, 1.82) is 0 Å². The van der Waals surface area contributed by atoms with Gasteiger partial charge in [0.2, 0.25) is 5.91 Å². The molecule has 0 spiro atoms. The first kappa shape index (κ1) is 19.0. The Bertz CT molecular complexity index is 928. The van der Waals surface area contributed by atoms with Crippen LogP contribution in [0.15, 0.2) is 24.3 Å². The number of fused-ring (bicyclic) bond motifs is 1. The van der Waals surface area contributed by atoms with Gasteiger partial charge in [-0.05, 0) is 12.1 Å². The second-order valence-corrected chi connectivity index (χ2v) is 6.71. The number of hydrogen-bond donors (Lipinski definition) is 1. The number of methoxy groups -OCH3 is 1. The second kappa shape index (κ2) is 8.30. The number of aromatic nitrogens is 5. The zero-order chi connectivity index (χ0) is 19.4. The third-order valence-corrected chi connectivity index (χ3v) is 4.40. The number of imidazole rings is 1. The number of nitrogens with zero attached hydrogens (tertiary/aromatic N) is 5.